The molecule has 1 aliphatic heterocycles. The molecular weight excluding hydrogens is 330 g/mol. The number of imide groups is 1. The van der Waals surface area contributed by atoms with Crippen molar-refractivity contribution >= 4 is 29.4 Å². The Morgan fingerprint density at radius 2 is 1.92 bits per heavy atom. The zero-order chi connectivity index (χ0) is 18.2. The van der Waals surface area contributed by atoms with Gasteiger partial charge >= 0.3 is 12.0 Å². The summed E-state index contributed by atoms with van der Waals surface area (Å²) in [6.45, 7) is 1.02. The summed E-state index contributed by atoms with van der Waals surface area (Å²) in [5.41, 5.74) is 0.307. The summed E-state index contributed by atoms with van der Waals surface area (Å²) in [5.74, 6) is -2.42. The summed E-state index contributed by atoms with van der Waals surface area (Å²) in [6.07, 6.45) is 0. The van der Waals surface area contributed by atoms with Crippen molar-refractivity contribution in [3.8, 4) is 0 Å². The van der Waals surface area contributed by atoms with Crippen LogP contribution in [0.4, 0.5) is 10.5 Å². The number of ether oxygens (including phenoxy) is 2. The molecule has 0 saturated carbocycles. The molecule has 0 radical (unpaired) electrons. The van der Waals surface area contributed by atoms with E-state index in [4.69, 9.17) is 9.47 Å². The Morgan fingerprint density at radius 1 is 1.20 bits per heavy atom. The molecule has 1 heterocycles. The summed E-state index contributed by atoms with van der Waals surface area (Å²) in [4.78, 5) is 46.6. The molecule has 0 atom stereocenters. The van der Waals surface area contributed by atoms with E-state index in [9.17, 15) is 19.2 Å². The molecule has 0 aliphatic carbocycles. The minimum atomic E-state index is -1.01. The first-order chi connectivity index (χ1) is 12.0. The lowest BCUT2D eigenvalue weighted by molar-refractivity contribution is -0.145. The molecule has 2 rings (SSSR count). The van der Waals surface area contributed by atoms with Crippen LogP contribution in [0.25, 0.3) is 0 Å². The minimum Gasteiger partial charge on any atom is -0.470 e. The van der Waals surface area contributed by atoms with Crippen molar-refractivity contribution in [2.75, 3.05) is 25.1 Å². The number of esters is 1. The molecule has 0 spiro atoms. The quantitative estimate of drug-likeness (QED) is 0.499. The highest BCUT2D eigenvalue weighted by Gasteiger charge is 2.32. The van der Waals surface area contributed by atoms with Crippen LogP contribution in [0.3, 0.4) is 0 Å². The number of hydrogen-bond acceptors (Lipinski definition) is 7. The molecule has 0 bridgehead atoms. The van der Waals surface area contributed by atoms with Gasteiger partial charge in [0.15, 0.2) is 18.8 Å². The van der Waals surface area contributed by atoms with E-state index >= 15 is 0 Å². The third kappa shape index (κ3) is 5.06. The highest BCUT2D eigenvalue weighted by atomic mass is 16.5. The van der Waals surface area contributed by atoms with E-state index in [0.717, 1.165) is 0 Å². The van der Waals surface area contributed by atoms with Crippen LogP contribution >= 0.6 is 0 Å². The van der Waals surface area contributed by atoms with Crippen LogP contribution in [0.5, 0.6) is 0 Å². The normalized spacial score (nSPS) is 13.1. The number of ketones is 1. The number of carbonyl (C=O) groups excluding carboxylic acids is 4. The maximum Gasteiger partial charge on any atom is 0.347 e. The van der Waals surface area contributed by atoms with Gasteiger partial charge in [0.1, 0.15) is 0 Å². The van der Waals surface area contributed by atoms with Gasteiger partial charge in [0, 0.05) is 12.2 Å². The van der Waals surface area contributed by atoms with Crippen LogP contribution in [0.15, 0.2) is 41.8 Å². The van der Waals surface area contributed by atoms with E-state index in [0.29, 0.717) is 12.2 Å². The highest BCUT2D eigenvalue weighted by Crippen LogP contribution is 2.20. The first-order valence-electron chi connectivity index (χ1n) is 7.48. The summed E-state index contributed by atoms with van der Waals surface area (Å²) >= 11 is 0. The van der Waals surface area contributed by atoms with Gasteiger partial charge in [0.2, 0.25) is 11.7 Å². The minimum absolute atomic E-state index is 0.0367. The van der Waals surface area contributed by atoms with Gasteiger partial charge in [-0.1, -0.05) is 18.2 Å². The van der Waals surface area contributed by atoms with E-state index in [-0.39, 0.29) is 18.1 Å². The second kappa shape index (κ2) is 8.48. The van der Waals surface area contributed by atoms with Gasteiger partial charge < -0.3 is 20.1 Å². The Balaban J connectivity index is 1.98. The van der Waals surface area contributed by atoms with Crippen LogP contribution in [0, 0.1) is 0 Å². The van der Waals surface area contributed by atoms with Crippen molar-refractivity contribution in [3.63, 3.8) is 0 Å². The molecule has 25 heavy (non-hydrogen) atoms. The molecule has 3 amide bonds. The Labute approximate surface area is 143 Å². The zero-order valence-electron chi connectivity index (χ0n) is 13.5. The Hall–Kier alpha value is -3.36. The third-order valence-corrected chi connectivity index (χ3v) is 3.01. The number of benzene rings is 1. The van der Waals surface area contributed by atoms with E-state index in [1.165, 1.54) is 0 Å². The predicted molar refractivity (Wildman–Crippen MR) is 86.2 cm³/mol. The van der Waals surface area contributed by atoms with Gasteiger partial charge in [-0.2, -0.15) is 0 Å². The highest BCUT2D eigenvalue weighted by molar-refractivity contribution is 6.20. The lowest BCUT2D eigenvalue weighted by atomic mass is 10.2. The Kier molecular flexibility index (Phi) is 6.10. The van der Waals surface area contributed by atoms with Crippen LogP contribution in [0.1, 0.15) is 6.92 Å². The van der Waals surface area contributed by atoms with E-state index in [1.807, 2.05) is 11.4 Å². The fourth-order valence-corrected chi connectivity index (χ4v) is 1.94. The number of nitrogens with one attached hydrogen (secondary N) is 3. The molecular formula is C16H17N3O6. The first kappa shape index (κ1) is 18.0. The predicted octanol–water partition coefficient (Wildman–Crippen LogP) is 0.298. The SMILES string of the molecule is CCNC(=O)NC(=O)COC(=O)C1=C(Nc2ccccc2)OCC1=O. The largest absolute Gasteiger partial charge is 0.470 e. The van der Waals surface area contributed by atoms with Crippen molar-refractivity contribution < 1.29 is 28.7 Å². The summed E-state index contributed by atoms with van der Waals surface area (Å²) < 4.78 is 9.94. The van der Waals surface area contributed by atoms with E-state index < -0.39 is 30.3 Å². The smallest absolute Gasteiger partial charge is 0.347 e. The molecule has 132 valence electrons. The fraction of sp³-hybridized carbons (Fsp3) is 0.250. The lowest BCUT2D eigenvalue weighted by Gasteiger charge is -2.09. The molecule has 3 N–H and O–H groups in total. The van der Waals surface area contributed by atoms with Crippen LogP contribution < -0.4 is 16.0 Å². The van der Waals surface area contributed by atoms with E-state index in [2.05, 4.69) is 10.6 Å². The Bertz CT molecular complexity index is 714. The average molecular weight is 347 g/mol. The topological polar surface area (TPSA) is 123 Å². The molecule has 9 heteroatoms. The van der Waals surface area contributed by atoms with Crippen molar-refractivity contribution in [1.29, 1.82) is 0 Å². The van der Waals surface area contributed by atoms with Crippen molar-refractivity contribution in [1.82, 2.24) is 10.6 Å². The molecule has 0 unspecified atom stereocenters. The van der Waals surface area contributed by atoms with Crippen LogP contribution in [-0.2, 0) is 23.9 Å². The second-order valence-corrected chi connectivity index (χ2v) is 4.89. The van der Waals surface area contributed by atoms with Gasteiger partial charge in [-0.05, 0) is 19.1 Å². The molecule has 9 nitrogen and oxygen atoms in total. The van der Waals surface area contributed by atoms with Gasteiger partial charge in [0.05, 0.1) is 0 Å². The van der Waals surface area contributed by atoms with Crippen molar-refractivity contribution in [2.45, 2.75) is 6.92 Å². The average Bonchev–Trinajstić information content (AvgIpc) is 2.94. The third-order valence-electron chi connectivity index (χ3n) is 3.01. The number of urea groups is 1. The zero-order valence-corrected chi connectivity index (χ0v) is 13.5. The summed E-state index contributed by atoms with van der Waals surface area (Å²) in [5, 5.41) is 7.14. The van der Waals surface area contributed by atoms with Crippen LogP contribution in [0.2, 0.25) is 0 Å². The molecule has 1 aromatic rings. The standard InChI is InChI=1S/C16H17N3O6/c1-2-17-16(23)19-12(21)9-25-15(22)13-11(20)8-24-14(13)18-10-6-4-3-5-7-10/h3-7,18H,2,8-9H2,1H3,(H2,17,19,21,23). The molecule has 1 aromatic carbocycles. The maximum atomic E-state index is 12.1. The number of rotatable bonds is 6. The molecule has 1 aliphatic rings. The number of amides is 3. The van der Waals surface area contributed by atoms with Crippen molar-refractivity contribution in [3.05, 3.63) is 41.8 Å². The number of carbonyl (C=O) groups is 4. The lowest BCUT2D eigenvalue weighted by Crippen LogP contribution is -2.41. The van der Waals surface area contributed by atoms with Crippen LogP contribution in [-0.4, -0.2) is 43.4 Å². The number of Topliss-reactive ketones (excluding diaryl/α,β-unsaturated/α-hetero) is 1. The number of anilines is 1. The maximum absolute atomic E-state index is 12.1. The molecule has 0 saturated heterocycles. The van der Waals surface area contributed by atoms with Gasteiger partial charge in [-0.3, -0.25) is 14.9 Å². The second-order valence-electron chi connectivity index (χ2n) is 4.89. The first-order valence-corrected chi connectivity index (χ1v) is 7.48. The number of hydrogen-bond donors (Lipinski definition) is 3. The summed E-state index contributed by atoms with van der Waals surface area (Å²) in [6, 6.07) is 8.09. The molecule has 0 aromatic heterocycles. The molecule has 0 fully saturated rings. The van der Waals surface area contributed by atoms with E-state index in [1.54, 1.807) is 31.2 Å². The monoisotopic (exact) mass is 347 g/mol. The van der Waals surface area contributed by atoms with Gasteiger partial charge in [0.25, 0.3) is 5.91 Å². The Morgan fingerprint density at radius 3 is 2.60 bits per heavy atom. The van der Waals surface area contributed by atoms with Gasteiger partial charge in [-0.15, -0.1) is 0 Å². The number of para-hydroxylation sites is 1. The van der Waals surface area contributed by atoms with Gasteiger partial charge in [-0.25, -0.2) is 9.59 Å². The van der Waals surface area contributed by atoms with Crippen molar-refractivity contribution in [2.24, 2.45) is 0 Å². The summed E-state index contributed by atoms with van der Waals surface area (Å²) in [7, 11) is 0. The fourth-order valence-electron chi connectivity index (χ4n) is 1.94.